The summed E-state index contributed by atoms with van der Waals surface area (Å²) in [6.07, 6.45) is 1.58. The van der Waals surface area contributed by atoms with E-state index in [1.807, 2.05) is 11.0 Å². The van der Waals surface area contributed by atoms with Crippen LogP contribution in [0.15, 0.2) is 30.3 Å². The zero-order chi connectivity index (χ0) is 15.5. The van der Waals surface area contributed by atoms with Gasteiger partial charge in [-0.25, -0.2) is 0 Å². The van der Waals surface area contributed by atoms with Crippen LogP contribution in [-0.4, -0.2) is 30.4 Å². The van der Waals surface area contributed by atoms with Crippen LogP contribution < -0.4 is 5.73 Å². The van der Waals surface area contributed by atoms with Gasteiger partial charge in [0.1, 0.15) is 0 Å². The summed E-state index contributed by atoms with van der Waals surface area (Å²) < 4.78 is 0. The maximum absolute atomic E-state index is 12.4. The molecule has 2 N–H and O–H groups in total. The van der Waals surface area contributed by atoms with Crippen molar-refractivity contribution >= 4 is 18.3 Å². The minimum atomic E-state index is 0. The highest BCUT2D eigenvalue weighted by Crippen LogP contribution is 2.33. The minimum Gasteiger partial charge on any atom is -0.342 e. The number of halogens is 1. The van der Waals surface area contributed by atoms with E-state index in [9.17, 15) is 4.79 Å². The summed E-state index contributed by atoms with van der Waals surface area (Å²) in [4.78, 5) is 14.4. The second-order valence-corrected chi connectivity index (χ2v) is 7.37. The number of likely N-dealkylation sites (tertiary alicyclic amines) is 1. The smallest absolute Gasteiger partial charge is 0.222 e. The van der Waals surface area contributed by atoms with E-state index < -0.39 is 0 Å². The predicted octanol–water partition coefficient (Wildman–Crippen LogP) is 3.44. The van der Waals surface area contributed by atoms with E-state index in [0.29, 0.717) is 24.8 Å². The highest BCUT2D eigenvalue weighted by Gasteiger charge is 2.35. The number of rotatable bonds is 4. The fourth-order valence-electron chi connectivity index (χ4n) is 3.03. The predicted molar refractivity (Wildman–Crippen MR) is 94.2 cm³/mol. The molecule has 0 aliphatic carbocycles. The molecule has 1 aliphatic heterocycles. The van der Waals surface area contributed by atoms with Gasteiger partial charge in [0.25, 0.3) is 0 Å². The molecule has 0 saturated carbocycles. The van der Waals surface area contributed by atoms with Crippen molar-refractivity contribution in [2.75, 3.05) is 19.6 Å². The molecule has 2 atom stereocenters. The van der Waals surface area contributed by atoms with E-state index in [1.54, 1.807) is 0 Å². The second kappa shape index (κ2) is 7.98. The summed E-state index contributed by atoms with van der Waals surface area (Å²) in [7, 11) is 0. The quantitative estimate of drug-likeness (QED) is 0.922. The largest absolute Gasteiger partial charge is 0.342 e. The fraction of sp³-hybridized carbons (Fsp3) is 0.611. The van der Waals surface area contributed by atoms with E-state index in [0.717, 1.165) is 19.5 Å². The van der Waals surface area contributed by atoms with Crippen LogP contribution in [0.3, 0.4) is 0 Å². The first kappa shape index (κ1) is 19.0. The van der Waals surface area contributed by atoms with Crippen LogP contribution in [0.1, 0.15) is 45.1 Å². The maximum Gasteiger partial charge on any atom is 0.222 e. The molecule has 124 valence electrons. The number of nitrogens with zero attached hydrogens (tertiary/aromatic N) is 1. The number of carbonyl (C=O) groups is 1. The van der Waals surface area contributed by atoms with Crippen molar-refractivity contribution in [1.29, 1.82) is 0 Å². The van der Waals surface area contributed by atoms with Crippen LogP contribution in [0.5, 0.6) is 0 Å². The van der Waals surface area contributed by atoms with Crippen molar-refractivity contribution in [3.05, 3.63) is 35.9 Å². The fourth-order valence-corrected chi connectivity index (χ4v) is 3.03. The summed E-state index contributed by atoms with van der Waals surface area (Å²) in [5.74, 6) is 1.04. The molecule has 1 amide bonds. The van der Waals surface area contributed by atoms with Crippen molar-refractivity contribution in [3.8, 4) is 0 Å². The zero-order valence-electron chi connectivity index (χ0n) is 13.9. The Morgan fingerprint density at radius 3 is 2.41 bits per heavy atom. The maximum atomic E-state index is 12.4. The molecular formula is C18H29ClN2O. The van der Waals surface area contributed by atoms with E-state index in [-0.39, 0.29) is 23.7 Å². The highest BCUT2D eigenvalue weighted by molar-refractivity contribution is 5.85. The molecule has 0 bridgehead atoms. The Labute approximate surface area is 140 Å². The molecule has 3 nitrogen and oxygen atoms in total. The van der Waals surface area contributed by atoms with Crippen LogP contribution in [0.25, 0.3) is 0 Å². The number of hydrogen-bond donors (Lipinski definition) is 1. The SMILES string of the molecule is CC(C)(C)CCC(=O)N1C[C@@H](CN)[C@H](c2ccccc2)C1.Cl. The molecule has 1 fully saturated rings. The van der Waals surface area contributed by atoms with Gasteiger partial charge >= 0.3 is 0 Å². The van der Waals surface area contributed by atoms with Crippen molar-refractivity contribution in [2.45, 2.75) is 39.5 Å². The lowest BCUT2D eigenvalue weighted by molar-refractivity contribution is -0.130. The topological polar surface area (TPSA) is 46.3 Å². The Morgan fingerprint density at radius 2 is 1.86 bits per heavy atom. The third-order valence-electron chi connectivity index (χ3n) is 4.41. The third-order valence-corrected chi connectivity index (χ3v) is 4.41. The first-order chi connectivity index (χ1) is 9.90. The van der Waals surface area contributed by atoms with E-state index >= 15 is 0 Å². The van der Waals surface area contributed by atoms with Gasteiger partial charge in [0.05, 0.1) is 0 Å². The van der Waals surface area contributed by atoms with Crippen LogP contribution in [0.4, 0.5) is 0 Å². The van der Waals surface area contributed by atoms with Crippen LogP contribution in [0, 0.1) is 11.3 Å². The van der Waals surface area contributed by atoms with Gasteiger partial charge in [-0.2, -0.15) is 0 Å². The molecule has 0 spiro atoms. The Balaban J connectivity index is 0.00000242. The molecule has 1 aromatic rings. The average molecular weight is 325 g/mol. The number of amides is 1. The third kappa shape index (κ3) is 4.99. The zero-order valence-corrected chi connectivity index (χ0v) is 14.7. The first-order valence-corrected chi connectivity index (χ1v) is 7.93. The molecule has 0 unspecified atom stereocenters. The monoisotopic (exact) mass is 324 g/mol. The van der Waals surface area contributed by atoms with Crippen LogP contribution >= 0.6 is 12.4 Å². The van der Waals surface area contributed by atoms with E-state index in [1.165, 1.54) is 5.56 Å². The number of nitrogens with two attached hydrogens (primary N) is 1. The van der Waals surface area contributed by atoms with Gasteiger partial charge in [0.15, 0.2) is 0 Å². The summed E-state index contributed by atoms with van der Waals surface area (Å²) in [5.41, 5.74) is 7.44. The number of carbonyl (C=O) groups excluding carboxylic acids is 1. The lowest BCUT2D eigenvalue weighted by atomic mass is 9.89. The van der Waals surface area contributed by atoms with Gasteiger partial charge in [-0.3, -0.25) is 4.79 Å². The van der Waals surface area contributed by atoms with Gasteiger partial charge in [-0.1, -0.05) is 51.1 Å². The average Bonchev–Trinajstić information content (AvgIpc) is 2.89. The molecule has 4 heteroatoms. The van der Waals surface area contributed by atoms with Crippen LogP contribution in [-0.2, 0) is 4.79 Å². The van der Waals surface area contributed by atoms with Gasteiger partial charge in [-0.15, -0.1) is 12.4 Å². The number of benzene rings is 1. The summed E-state index contributed by atoms with van der Waals surface area (Å²) in [6.45, 7) is 8.80. The van der Waals surface area contributed by atoms with Crippen molar-refractivity contribution in [3.63, 3.8) is 0 Å². The Morgan fingerprint density at radius 1 is 1.23 bits per heavy atom. The Hall–Kier alpha value is -1.06. The molecule has 2 rings (SSSR count). The number of hydrogen-bond acceptors (Lipinski definition) is 2. The second-order valence-electron chi connectivity index (χ2n) is 7.37. The summed E-state index contributed by atoms with van der Waals surface area (Å²) >= 11 is 0. The summed E-state index contributed by atoms with van der Waals surface area (Å²) in [6, 6.07) is 10.5. The van der Waals surface area contributed by atoms with Crippen molar-refractivity contribution in [1.82, 2.24) is 4.90 Å². The molecule has 1 aliphatic rings. The van der Waals surface area contributed by atoms with E-state index in [4.69, 9.17) is 5.73 Å². The standard InChI is InChI=1S/C18H28N2O.ClH/c1-18(2,3)10-9-17(21)20-12-15(11-19)16(13-20)14-7-5-4-6-8-14;/h4-8,15-16H,9-13,19H2,1-3H3;1H/t15-,16+;/m1./s1. The normalized spacial score (nSPS) is 21.5. The van der Waals surface area contributed by atoms with Gasteiger partial charge in [0.2, 0.25) is 5.91 Å². The Kier molecular flexibility index (Phi) is 6.89. The van der Waals surface area contributed by atoms with E-state index in [2.05, 4.69) is 45.0 Å². The molecule has 1 heterocycles. The molecule has 0 radical (unpaired) electrons. The highest BCUT2D eigenvalue weighted by atomic mass is 35.5. The lowest BCUT2D eigenvalue weighted by Crippen LogP contribution is -2.30. The molecule has 1 aromatic carbocycles. The van der Waals surface area contributed by atoms with Gasteiger partial charge < -0.3 is 10.6 Å². The Bertz CT molecular complexity index is 470. The molecule has 22 heavy (non-hydrogen) atoms. The van der Waals surface area contributed by atoms with Crippen LogP contribution in [0.2, 0.25) is 0 Å². The first-order valence-electron chi connectivity index (χ1n) is 7.93. The van der Waals surface area contributed by atoms with Crippen molar-refractivity contribution < 1.29 is 4.79 Å². The molecular weight excluding hydrogens is 296 g/mol. The van der Waals surface area contributed by atoms with Crippen molar-refractivity contribution in [2.24, 2.45) is 17.1 Å². The molecule has 0 aromatic heterocycles. The lowest BCUT2D eigenvalue weighted by Gasteiger charge is -2.21. The summed E-state index contributed by atoms with van der Waals surface area (Å²) in [5, 5.41) is 0. The van der Waals surface area contributed by atoms with Gasteiger partial charge in [-0.05, 0) is 29.9 Å². The molecule has 1 saturated heterocycles. The minimum absolute atomic E-state index is 0. The van der Waals surface area contributed by atoms with Gasteiger partial charge in [0, 0.05) is 25.4 Å².